The van der Waals surface area contributed by atoms with Crippen LogP contribution in [0, 0.1) is 15.9 Å². The summed E-state index contributed by atoms with van der Waals surface area (Å²) in [6.07, 6.45) is 3.01. The lowest BCUT2D eigenvalue weighted by Gasteiger charge is -2.05. The number of carbonyl (C=O) groups is 1. The average Bonchev–Trinajstić information content (AvgIpc) is 2.92. The Hall–Kier alpha value is -2.42. The third-order valence-electron chi connectivity index (χ3n) is 2.33. The first-order valence-corrected chi connectivity index (χ1v) is 6.08. The quantitative estimate of drug-likeness (QED) is 0.528. The highest BCUT2D eigenvalue weighted by Gasteiger charge is 2.23. The first kappa shape index (κ1) is 14.0. The maximum Gasteiger partial charge on any atom is 0.340 e. The van der Waals surface area contributed by atoms with Crippen LogP contribution >= 0.6 is 11.8 Å². The first-order chi connectivity index (χ1) is 9.52. The van der Waals surface area contributed by atoms with E-state index in [1.165, 1.54) is 6.20 Å². The fraction of sp³-hybridized carbons (Fsp3) is 0.0909. The number of aromatic nitrogens is 2. The molecule has 9 heteroatoms. The molecule has 0 saturated carbocycles. The van der Waals surface area contributed by atoms with E-state index in [9.17, 15) is 19.3 Å². The van der Waals surface area contributed by atoms with Gasteiger partial charge in [-0.05, 0) is 17.8 Å². The number of carbonyl (C=O) groups excluding carboxylic acids is 1. The normalized spacial score (nSPS) is 10.3. The molecule has 2 aromatic rings. The van der Waals surface area contributed by atoms with Crippen LogP contribution in [0.3, 0.4) is 0 Å². The lowest BCUT2D eigenvalue weighted by atomic mass is 10.2. The summed E-state index contributed by atoms with van der Waals surface area (Å²) in [6.45, 7) is 0. The van der Waals surface area contributed by atoms with Crippen molar-refractivity contribution >= 4 is 23.4 Å². The van der Waals surface area contributed by atoms with Crippen LogP contribution in [0.1, 0.15) is 10.4 Å². The Balaban J connectivity index is 2.51. The molecule has 0 aliphatic carbocycles. The number of halogens is 1. The maximum absolute atomic E-state index is 13.7. The van der Waals surface area contributed by atoms with E-state index in [1.54, 1.807) is 6.20 Å². The Labute approximate surface area is 116 Å². The highest BCUT2D eigenvalue weighted by molar-refractivity contribution is 7.99. The Morgan fingerprint density at radius 3 is 2.85 bits per heavy atom. The molecule has 1 aromatic carbocycles. The summed E-state index contributed by atoms with van der Waals surface area (Å²) in [7, 11) is 1.10. The molecule has 0 saturated heterocycles. The average molecular weight is 297 g/mol. The molecule has 2 rings (SSSR count). The number of ether oxygens (including phenoxy) is 1. The number of nitro benzene ring substituents is 1. The van der Waals surface area contributed by atoms with E-state index in [4.69, 9.17) is 0 Å². The van der Waals surface area contributed by atoms with Gasteiger partial charge in [-0.1, -0.05) is 0 Å². The monoisotopic (exact) mass is 297 g/mol. The molecule has 0 fully saturated rings. The van der Waals surface area contributed by atoms with E-state index in [0.717, 1.165) is 24.9 Å². The molecule has 104 valence electrons. The smallest absolute Gasteiger partial charge is 0.340 e. The minimum Gasteiger partial charge on any atom is -0.465 e. The number of nitrogens with one attached hydrogen (secondary N) is 1. The Morgan fingerprint density at radius 2 is 2.30 bits per heavy atom. The van der Waals surface area contributed by atoms with Crippen LogP contribution in [0.25, 0.3) is 0 Å². The second-order valence-electron chi connectivity index (χ2n) is 3.54. The largest absolute Gasteiger partial charge is 0.465 e. The van der Waals surface area contributed by atoms with Crippen LogP contribution in [0.2, 0.25) is 0 Å². The molecule has 1 aromatic heterocycles. The third kappa shape index (κ3) is 2.77. The highest BCUT2D eigenvalue weighted by Crippen LogP contribution is 2.35. The Morgan fingerprint density at radius 1 is 1.55 bits per heavy atom. The van der Waals surface area contributed by atoms with E-state index in [2.05, 4.69) is 14.7 Å². The number of aromatic amines is 1. The van der Waals surface area contributed by atoms with E-state index >= 15 is 0 Å². The summed E-state index contributed by atoms with van der Waals surface area (Å²) in [5, 5.41) is 11.3. The number of nitro groups is 1. The molecule has 7 nitrogen and oxygen atoms in total. The molecule has 0 aliphatic rings. The summed E-state index contributed by atoms with van der Waals surface area (Å²) in [4.78, 5) is 28.4. The summed E-state index contributed by atoms with van der Waals surface area (Å²) in [5.41, 5.74) is -0.816. The zero-order valence-corrected chi connectivity index (χ0v) is 10.9. The van der Waals surface area contributed by atoms with Gasteiger partial charge in [0.15, 0.2) is 5.16 Å². The van der Waals surface area contributed by atoms with Gasteiger partial charge in [0.05, 0.1) is 28.6 Å². The Bertz CT molecular complexity index is 660. The molecule has 0 radical (unpaired) electrons. The number of rotatable bonds is 4. The molecular weight excluding hydrogens is 289 g/mol. The lowest BCUT2D eigenvalue weighted by molar-refractivity contribution is -0.387. The molecule has 1 N–H and O–H groups in total. The van der Waals surface area contributed by atoms with Gasteiger partial charge in [-0.3, -0.25) is 10.1 Å². The van der Waals surface area contributed by atoms with Crippen molar-refractivity contribution in [2.75, 3.05) is 7.11 Å². The van der Waals surface area contributed by atoms with Crippen LogP contribution in [0.4, 0.5) is 10.1 Å². The molecule has 0 bridgehead atoms. The number of methoxy groups -OCH3 is 1. The van der Waals surface area contributed by atoms with Gasteiger partial charge in [0.25, 0.3) is 5.69 Å². The van der Waals surface area contributed by atoms with E-state index in [-0.39, 0.29) is 10.5 Å². The standard InChI is InChI=1S/C11H8FN3O4S/c1-19-10(16)6-4-9(20-11-13-2-3-14-11)8(15(17)18)5-7(6)12/h2-5H,1H3,(H,13,14). The highest BCUT2D eigenvalue weighted by atomic mass is 32.2. The third-order valence-corrected chi connectivity index (χ3v) is 3.29. The Kier molecular flexibility index (Phi) is 3.99. The van der Waals surface area contributed by atoms with Crippen molar-refractivity contribution in [1.29, 1.82) is 0 Å². The minimum absolute atomic E-state index is 0.0896. The van der Waals surface area contributed by atoms with Gasteiger partial charge in [-0.15, -0.1) is 0 Å². The van der Waals surface area contributed by atoms with Gasteiger partial charge in [-0.2, -0.15) is 0 Å². The SMILES string of the molecule is COC(=O)c1cc(Sc2ncc[nH]2)c([N+](=O)[O-])cc1F. The molecule has 20 heavy (non-hydrogen) atoms. The number of imidazole rings is 1. The topological polar surface area (TPSA) is 98.1 Å². The van der Waals surface area contributed by atoms with Crippen molar-refractivity contribution in [2.24, 2.45) is 0 Å². The number of benzene rings is 1. The number of esters is 1. The molecular formula is C11H8FN3O4S. The van der Waals surface area contributed by atoms with Crippen molar-refractivity contribution in [3.63, 3.8) is 0 Å². The van der Waals surface area contributed by atoms with Gasteiger partial charge < -0.3 is 9.72 Å². The minimum atomic E-state index is -1.01. The van der Waals surface area contributed by atoms with Crippen molar-refractivity contribution in [2.45, 2.75) is 10.1 Å². The fourth-order valence-corrected chi connectivity index (χ4v) is 2.31. The van der Waals surface area contributed by atoms with Crippen LogP contribution in [0.5, 0.6) is 0 Å². The lowest BCUT2D eigenvalue weighted by Crippen LogP contribution is -2.06. The van der Waals surface area contributed by atoms with Gasteiger partial charge in [0, 0.05) is 12.4 Å². The molecule has 0 unspecified atom stereocenters. The van der Waals surface area contributed by atoms with Crippen molar-refractivity contribution < 1.29 is 18.8 Å². The van der Waals surface area contributed by atoms with E-state index < -0.39 is 22.4 Å². The zero-order valence-electron chi connectivity index (χ0n) is 10.1. The molecule has 0 aliphatic heterocycles. The molecule has 1 heterocycles. The van der Waals surface area contributed by atoms with Crippen LogP contribution in [0.15, 0.2) is 34.6 Å². The molecule has 0 spiro atoms. The first-order valence-electron chi connectivity index (χ1n) is 5.26. The van der Waals surface area contributed by atoms with Crippen LogP contribution in [-0.4, -0.2) is 28.0 Å². The summed E-state index contributed by atoms with van der Waals surface area (Å²) < 4.78 is 18.1. The zero-order chi connectivity index (χ0) is 14.7. The second kappa shape index (κ2) is 5.70. The van der Waals surface area contributed by atoms with Gasteiger partial charge in [0.2, 0.25) is 0 Å². The van der Waals surface area contributed by atoms with Gasteiger partial charge in [-0.25, -0.2) is 14.2 Å². The summed E-state index contributed by atoms with van der Waals surface area (Å²) in [5.74, 6) is -1.91. The fourth-order valence-electron chi connectivity index (χ4n) is 1.44. The summed E-state index contributed by atoms with van der Waals surface area (Å²) in [6, 6.07) is 1.77. The predicted molar refractivity (Wildman–Crippen MR) is 67.1 cm³/mol. The van der Waals surface area contributed by atoms with Crippen LogP contribution < -0.4 is 0 Å². The van der Waals surface area contributed by atoms with E-state index in [0.29, 0.717) is 11.2 Å². The predicted octanol–water partition coefficient (Wildman–Crippen LogP) is 2.39. The second-order valence-corrected chi connectivity index (χ2v) is 4.58. The van der Waals surface area contributed by atoms with Crippen LogP contribution in [-0.2, 0) is 4.74 Å². The summed E-state index contributed by atoms with van der Waals surface area (Å²) >= 11 is 0.917. The van der Waals surface area contributed by atoms with E-state index in [1.807, 2.05) is 0 Å². The number of H-pyrrole nitrogens is 1. The molecule has 0 atom stereocenters. The van der Waals surface area contributed by atoms with Gasteiger partial charge in [0.1, 0.15) is 5.82 Å². The van der Waals surface area contributed by atoms with Crippen molar-refractivity contribution in [3.05, 3.63) is 46.0 Å². The maximum atomic E-state index is 13.7. The molecule has 0 amide bonds. The number of hydrogen-bond acceptors (Lipinski definition) is 6. The number of hydrogen-bond donors (Lipinski definition) is 1. The number of nitrogens with zero attached hydrogens (tertiary/aromatic N) is 2. The van der Waals surface area contributed by atoms with Crippen molar-refractivity contribution in [1.82, 2.24) is 9.97 Å². The van der Waals surface area contributed by atoms with Crippen molar-refractivity contribution in [3.8, 4) is 0 Å². The van der Waals surface area contributed by atoms with Gasteiger partial charge >= 0.3 is 5.97 Å².